The molecule has 0 radical (unpaired) electrons. The maximum atomic E-state index is 11.7. The number of phenols is 1. The quantitative estimate of drug-likeness (QED) is 0.641. The summed E-state index contributed by atoms with van der Waals surface area (Å²) < 4.78 is 1.74. The third-order valence-corrected chi connectivity index (χ3v) is 4.33. The van der Waals surface area contributed by atoms with Gasteiger partial charge in [-0.3, -0.25) is 0 Å². The molecular formula is C19H21N3O3. The van der Waals surface area contributed by atoms with Gasteiger partial charge in [0.05, 0.1) is 17.1 Å². The normalized spacial score (nSPS) is 13.7. The van der Waals surface area contributed by atoms with Crippen LogP contribution in [0.3, 0.4) is 0 Å². The zero-order valence-electron chi connectivity index (χ0n) is 14.0. The van der Waals surface area contributed by atoms with E-state index in [1.807, 2.05) is 31.2 Å². The van der Waals surface area contributed by atoms with E-state index in [-0.39, 0.29) is 5.75 Å². The smallest absolute Gasteiger partial charge is 0.326 e. The number of nitrogens with zero attached hydrogens (tertiary/aromatic N) is 2. The summed E-state index contributed by atoms with van der Waals surface area (Å²) >= 11 is 0. The Morgan fingerprint density at radius 1 is 1.20 bits per heavy atom. The van der Waals surface area contributed by atoms with Crippen molar-refractivity contribution in [3.63, 3.8) is 0 Å². The number of fused-ring (bicyclic) bond motifs is 1. The number of carboxylic acids is 1. The lowest BCUT2D eigenvalue weighted by atomic mass is 10.1. The number of hydrogen-bond donors (Lipinski definition) is 3. The van der Waals surface area contributed by atoms with Crippen molar-refractivity contribution >= 4 is 17.0 Å². The van der Waals surface area contributed by atoms with Crippen LogP contribution in [0.2, 0.25) is 0 Å². The highest BCUT2D eigenvalue weighted by Gasteiger charge is 2.26. The lowest BCUT2D eigenvalue weighted by molar-refractivity contribution is -0.140. The predicted molar refractivity (Wildman–Crippen MR) is 95.4 cm³/mol. The van der Waals surface area contributed by atoms with E-state index in [1.165, 1.54) is 0 Å². The summed E-state index contributed by atoms with van der Waals surface area (Å²) in [5, 5.41) is 19.0. The van der Waals surface area contributed by atoms with E-state index >= 15 is 0 Å². The van der Waals surface area contributed by atoms with E-state index in [2.05, 4.69) is 4.98 Å². The Kier molecular flexibility index (Phi) is 4.72. The first-order chi connectivity index (χ1) is 12.0. The largest absolute Gasteiger partial charge is 0.508 e. The molecule has 2 aromatic carbocycles. The third-order valence-electron chi connectivity index (χ3n) is 4.33. The van der Waals surface area contributed by atoms with Crippen LogP contribution in [0.4, 0.5) is 0 Å². The average Bonchev–Trinajstić information content (AvgIpc) is 2.97. The molecule has 0 bridgehead atoms. The molecule has 1 heterocycles. The number of para-hydroxylation sites is 2. The molecule has 3 aromatic rings. The molecule has 1 aromatic heterocycles. The summed E-state index contributed by atoms with van der Waals surface area (Å²) in [6.07, 6.45) is 0.939. The van der Waals surface area contributed by atoms with E-state index in [0.717, 1.165) is 16.6 Å². The molecule has 0 saturated carbocycles. The van der Waals surface area contributed by atoms with E-state index in [4.69, 9.17) is 5.73 Å². The Morgan fingerprint density at radius 2 is 1.88 bits per heavy atom. The molecule has 4 N–H and O–H groups in total. The monoisotopic (exact) mass is 339 g/mol. The average molecular weight is 339 g/mol. The van der Waals surface area contributed by atoms with E-state index < -0.39 is 18.1 Å². The minimum atomic E-state index is -0.899. The van der Waals surface area contributed by atoms with Crippen LogP contribution >= 0.6 is 0 Å². The lowest BCUT2D eigenvalue weighted by Gasteiger charge is -2.19. The van der Waals surface area contributed by atoms with Gasteiger partial charge in [0.1, 0.15) is 17.6 Å². The number of benzene rings is 2. The molecule has 0 aliphatic carbocycles. The summed E-state index contributed by atoms with van der Waals surface area (Å²) in [5.74, 6) is -0.145. The van der Waals surface area contributed by atoms with Gasteiger partial charge in [0.25, 0.3) is 0 Å². The fourth-order valence-corrected chi connectivity index (χ4v) is 3.10. The van der Waals surface area contributed by atoms with Crippen LogP contribution in [0.25, 0.3) is 11.0 Å². The first kappa shape index (κ1) is 17.0. The minimum Gasteiger partial charge on any atom is -0.508 e. The predicted octanol–water partition coefficient (Wildman–Crippen LogP) is 3.02. The number of phenolic OH excluding ortho intramolecular Hbond substituents is 1. The van der Waals surface area contributed by atoms with Gasteiger partial charge in [-0.2, -0.15) is 0 Å². The molecule has 0 saturated heterocycles. The second-order valence-corrected chi connectivity index (χ2v) is 6.07. The highest BCUT2D eigenvalue weighted by atomic mass is 16.4. The van der Waals surface area contributed by atoms with Crippen LogP contribution in [-0.4, -0.2) is 25.7 Å². The Morgan fingerprint density at radius 3 is 2.52 bits per heavy atom. The maximum absolute atomic E-state index is 11.7. The molecule has 0 amide bonds. The van der Waals surface area contributed by atoms with Crippen LogP contribution in [0.15, 0.2) is 48.5 Å². The van der Waals surface area contributed by atoms with Crippen molar-refractivity contribution in [1.29, 1.82) is 0 Å². The van der Waals surface area contributed by atoms with Gasteiger partial charge in [-0.05, 0) is 42.7 Å². The fourth-order valence-electron chi connectivity index (χ4n) is 3.10. The van der Waals surface area contributed by atoms with Gasteiger partial charge >= 0.3 is 5.97 Å². The van der Waals surface area contributed by atoms with Crippen LogP contribution < -0.4 is 5.73 Å². The van der Waals surface area contributed by atoms with Crippen LogP contribution in [0.1, 0.15) is 36.8 Å². The second-order valence-electron chi connectivity index (χ2n) is 6.07. The molecule has 6 nitrogen and oxygen atoms in total. The Labute approximate surface area is 145 Å². The van der Waals surface area contributed by atoms with Gasteiger partial charge in [-0.15, -0.1) is 0 Å². The molecule has 0 aliphatic rings. The van der Waals surface area contributed by atoms with Crippen LogP contribution in [-0.2, 0) is 11.2 Å². The number of imidazole rings is 1. The summed E-state index contributed by atoms with van der Waals surface area (Å²) in [6.45, 7) is 1.84. The number of carbonyl (C=O) groups is 1. The molecule has 3 rings (SSSR count). The van der Waals surface area contributed by atoms with Gasteiger partial charge in [-0.25, -0.2) is 9.78 Å². The van der Waals surface area contributed by atoms with Crippen molar-refractivity contribution in [3.8, 4) is 5.75 Å². The topological polar surface area (TPSA) is 101 Å². The molecule has 0 aliphatic heterocycles. The second kappa shape index (κ2) is 6.94. The SMILES string of the molecule is CCC(C(=O)O)n1c(C(N)Cc2ccc(O)cc2)nc2ccccc21. The van der Waals surface area contributed by atoms with E-state index in [1.54, 1.807) is 28.8 Å². The highest BCUT2D eigenvalue weighted by Crippen LogP contribution is 2.28. The number of aliphatic carboxylic acids is 1. The van der Waals surface area contributed by atoms with Gasteiger partial charge in [-0.1, -0.05) is 31.2 Å². The Hall–Kier alpha value is -2.86. The third kappa shape index (κ3) is 3.34. The van der Waals surface area contributed by atoms with Gasteiger partial charge in [0.2, 0.25) is 0 Å². The highest BCUT2D eigenvalue weighted by molar-refractivity contribution is 5.80. The molecular weight excluding hydrogens is 318 g/mol. The van der Waals surface area contributed by atoms with Crippen molar-refractivity contribution in [2.24, 2.45) is 5.73 Å². The van der Waals surface area contributed by atoms with Crippen molar-refractivity contribution in [2.75, 3.05) is 0 Å². The van der Waals surface area contributed by atoms with Crippen molar-refractivity contribution in [2.45, 2.75) is 31.8 Å². The molecule has 2 unspecified atom stereocenters. The van der Waals surface area contributed by atoms with Crippen molar-refractivity contribution < 1.29 is 15.0 Å². The van der Waals surface area contributed by atoms with Gasteiger partial charge in [0.15, 0.2) is 0 Å². The van der Waals surface area contributed by atoms with Crippen molar-refractivity contribution in [3.05, 3.63) is 59.9 Å². The standard InChI is InChI=1S/C19H21N3O3/c1-2-16(19(24)25)22-17-6-4-3-5-15(17)21-18(22)14(20)11-12-7-9-13(23)10-8-12/h3-10,14,16,23H,2,11,20H2,1H3,(H,24,25). The molecule has 130 valence electrons. The lowest BCUT2D eigenvalue weighted by Crippen LogP contribution is -2.25. The number of nitrogens with two attached hydrogens (primary N) is 1. The summed E-state index contributed by atoms with van der Waals surface area (Å²) in [4.78, 5) is 16.3. The van der Waals surface area contributed by atoms with E-state index in [0.29, 0.717) is 18.7 Å². The molecule has 2 atom stereocenters. The Bertz CT molecular complexity index is 887. The van der Waals surface area contributed by atoms with Gasteiger partial charge < -0.3 is 20.5 Å². The number of rotatable bonds is 6. The first-order valence-electron chi connectivity index (χ1n) is 8.24. The Balaban J connectivity index is 2.04. The van der Waals surface area contributed by atoms with Crippen LogP contribution in [0.5, 0.6) is 5.75 Å². The first-order valence-corrected chi connectivity index (χ1v) is 8.24. The molecule has 6 heteroatoms. The zero-order valence-corrected chi connectivity index (χ0v) is 14.0. The summed E-state index contributed by atoms with van der Waals surface area (Å²) in [6, 6.07) is 13.1. The molecule has 0 spiro atoms. The van der Waals surface area contributed by atoms with E-state index in [9.17, 15) is 15.0 Å². The van der Waals surface area contributed by atoms with Crippen molar-refractivity contribution in [1.82, 2.24) is 9.55 Å². The fraction of sp³-hybridized carbons (Fsp3) is 0.263. The number of carboxylic acid groups (broad SMARTS) is 1. The van der Waals surface area contributed by atoms with Gasteiger partial charge in [0, 0.05) is 0 Å². The maximum Gasteiger partial charge on any atom is 0.326 e. The zero-order chi connectivity index (χ0) is 18.0. The minimum absolute atomic E-state index is 0.196. The molecule has 0 fully saturated rings. The summed E-state index contributed by atoms with van der Waals surface area (Å²) in [5.41, 5.74) is 8.84. The molecule has 25 heavy (non-hydrogen) atoms. The summed E-state index contributed by atoms with van der Waals surface area (Å²) in [7, 11) is 0. The number of aromatic hydroxyl groups is 1. The number of hydrogen-bond acceptors (Lipinski definition) is 4. The number of aromatic nitrogens is 2. The van der Waals surface area contributed by atoms with Crippen LogP contribution in [0, 0.1) is 0 Å².